The van der Waals surface area contributed by atoms with Crippen molar-refractivity contribution in [2.45, 2.75) is 24.4 Å². The first-order chi connectivity index (χ1) is 7.31. The Bertz CT molecular complexity index is 252. The van der Waals surface area contributed by atoms with Crippen molar-refractivity contribution in [3.05, 3.63) is 0 Å². The predicted molar refractivity (Wildman–Crippen MR) is 45.6 cm³/mol. The highest BCUT2D eigenvalue weighted by atomic mass is 16.7. The van der Waals surface area contributed by atoms with E-state index < -0.39 is 43.1 Å². The summed E-state index contributed by atoms with van der Waals surface area (Å²) in [5.74, 6) is -1.83. The van der Waals surface area contributed by atoms with Crippen LogP contribution in [0.4, 0.5) is 4.79 Å². The summed E-state index contributed by atoms with van der Waals surface area (Å²) in [6.45, 7) is -0.933. The lowest BCUT2D eigenvalue weighted by atomic mass is 10.0. The first-order valence-electron chi connectivity index (χ1n) is 4.08. The molecule has 0 aromatic carbocycles. The van der Waals surface area contributed by atoms with E-state index in [-0.39, 0.29) is 0 Å². The number of rotatable bonds is 6. The minimum Gasteiger partial charge on any atom is -0.478 e. The van der Waals surface area contributed by atoms with Crippen LogP contribution in [0, 0.1) is 0 Å². The van der Waals surface area contributed by atoms with E-state index >= 15 is 0 Å². The molecule has 6 N–H and O–H groups in total. The topological polar surface area (TPSA) is 165 Å². The minimum atomic E-state index is -2.26. The van der Waals surface area contributed by atoms with Crippen LogP contribution < -0.4 is 0 Å². The molecule has 0 aliphatic carbocycles. The number of hydrogen-bond donors (Lipinski definition) is 6. The number of aliphatic hydroxyl groups excluding tert-OH is 4. The number of ether oxygens (including phenoxy) is 1. The Kier molecular flexibility index (Phi) is 5.67. The van der Waals surface area contributed by atoms with Crippen LogP contribution in [0.2, 0.25) is 0 Å². The molecule has 0 bridgehead atoms. The first kappa shape index (κ1) is 14.6. The van der Waals surface area contributed by atoms with Gasteiger partial charge in [0.15, 0.2) is 0 Å². The third-order valence-electron chi connectivity index (χ3n) is 1.71. The van der Waals surface area contributed by atoms with Gasteiger partial charge < -0.3 is 35.4 Å². The summed E-state index contributed by atoms with van der Waals surface area (Å²) in [6.07, 6.45) is -10.3. The fourth-order valence-electron chi connectivity index (χ4n) is 0.890. The monoisotopic (exact) mass is 240 g/mol. The van der Waals surface area contributed by atoms with Gasteiger partial charge >= 0.3 is 12.1 Å². The van der Waals surface area contributed by atoms with E-state index in [0.717, 1.165) is 0 Å². The molecule has 0 amide bonds. The largest absolute Gasteiger partial charge is 0.506 e. The van der Waals surface area contributed by atoms with Gasteiger partial charge in [-0.3, -0.25) is 0 Å². The van der Waals surface area contributed by atoms with Crippen molar-refractivity contribution < 1.29 is 45.0 Å². The number of carboxylic acid groups (broad SMARTS) is 2. The molecule has 9 heteroatoms. The Morgan fingerprint density at radius 2 is 1.56 bits per heavy atom. The molecule has 0 aromatic heterocycles. The van der Waals surface area contributed by atoms with Gasteiger partial charge in [-0.2, -0.15) is 0 Å². The lowest BCUT2D eigenvalue weighted by Gasteiger charge is -2.25. The van der Waals surface area contributed by atoms with Crippen LogP contribution in [-0.4, -0.2) is 73.8 Å². The van der Waals surface area contributed by atoms with Crippen LogP contribution in [0.1, 0.15) is 0 Å². The van der Waals surface area contributed by atoms with Crippen molar-refractivity contribution in [2.24, 2.45) is 0 Å². The molecular formula is C7H12O9. The van der Waals surface area contributed by atoms with Crippen molar-refractivity contribution in [1.82, 2.24) is 0 Å². The zero-order chi connectivity index (χ0) is 12.9. The normalized spacial score (nSPS) is 18.2. The number of carbonyl (C=O) groups is 2. The molecule has 0 saturated heterocycles. The SMILES string of the molecule is O=C(O)OC(C(=O)O)[C@@H](O)[C@H](O)[C@H](O)CO. The van der Waals surface area contributed by atoms with E-state index in [1.54, 1.807) is 0 Å². The molecule has 0 spiro atoms. The number of hydrogen-bond acceptors (Lipinski definition) is 7. The summed E-state index contributed by atoms with van der Waals surface area (Å²) in [6, 6.07) is 0. The van der Waals surface area contributed by atoms with Crippen LogP contribution in [0.5, 0.6) is 0 Å². The predicted octanol–water partition coefficient (Wildman–Crippen LogP) is -2.79. The molecule has 0 fully saturated rings. The summed E-state index contributed by atoms with van der Waals surface area (Å²) in [4.78, 5) is 20.6. The van der Waals surface area contributed by atoms with Gasteiger partial charge in [-0.1, -0.05) is 0 Å². The van der Waals surface area contributed by atoms with Crippen molar-refractivity contribution >= 4 is 12.1 Å². The maximum atomic E-state index is 10.5. The second-order valence-corrected chi connectivity index (χ2v) is 2.87. The fourth-order valence-corrected chi connectivity index (χ4v) is 0.890. The van der Waals surface area contributed by atoms with Crippen molar-refractivity contribution in [3.8, 4) is 0 Å². The molecule has 4 atom stereocenters. The second kappa shape index (κ2) is 6.23. The van der Waals surface area contributed by atoms with Gasteiger partial charge in [0, 0.05) is 0 Å². The van der Waals surface area contributed by atoms with E-state index in [0.29, 0.717) is 0 Å². The Morgan fingerprint density at radius 3 is 1.88 bits per heavy atom. The van der Waals surface area contributed by atoms with Gasteiger partial charge in [0.2, 0.25) is 6.10 Å². The molecular weight excluding hydrogens is 228 g/mol. The van der Waals surface area contributed by atoms with Crippen LogP contribution in [-0.2, 0) is 9.53 Å². The van der Waals surface area contributed by atoms with E-state index in [9.17, 15) is 14.7 Å². The van der Waals surface area contributed by atoms with Crippen LogP contribution in [0.3, 0.4) is 0 Å². The first-order valence-corrected chi connectivity index (χ1v) is 4.08. The van der Waals surface area contributed by atoms with Gasteiger partial charge in [-0.05, 0) is 0 Å². The zero-order valence-corrected chi connectivity index (χ0v) is 7.92. The Balaban J connectivity index is 4.66. The van der Waals surface area contributed by atoms with E-state index in [4.69, 9.17) is 25.5 Å². The van der Waals surface area contributed by atoms with Gasteiger partial charge in [0.1, 0.15) is 18.3 Å². The highest BCUT2D eigenvalue weighted by Crippen LogP contribution is 2.09. The highest BCUT2D eigenvalue weighted by molar-refractivity contribution is 5.76. The maximum Gasteiger partial charge on any atom is 0.506 e. The quantitative estimate of drug-likeness (QED) is 0.269. The Hall–Kier alpha value is -1.42. The average Bonchev–Trinajstić information content (AvgIpc) is 2.22. The van der Waals surface area contributed by atoms with E-state index in [2.05, 4.69) is 4.74 Å². The molecule has 9 nitrogen and oxygen atoms in total. The molecule has 1 unspecified atom stereocenters. The van der Waals surface area contributed by atoms with Gasteiger partial charge in [0.25, 0.3) is 0 Å². The highest BCUT2D eigenvalue weighted by Gasteiger charge is 2.38. The Morgan fingerprint density at radius 1 is 1.06 bits per heavy atom. The Labute approximate surface area is 89.1 Å². The van der Waals surface area contributed by atoms with Crippen molar-refractivity contribution in [1.29, 1.82) is 0 Å². The standard InChI is InChI=1S/C7H12O9/c8-1-2(9)3(10)4(11)5(6(12)13)16-7(14)15/h2-5,8-11H,1H2,(H,12,13)(H,14,15)/t2-,3-,4+,5?/m1/s1. The van der Waals surface area contributed by atoms with Gasteiger partial charge in [0.05, 0.1) is 6.61 Å². The van der Waals surface area contributed by atoms with Gasteiger partial charge in [-0.15, -0.1) is 0 Å². The molecule has 16 heavy (non-hydrogen) atoms. The molecule has 0 saturated carbocycles. The van der Waals surface area contributed by atoms with Crippen molar-refractivity contribution in [2.75, 3.05) is 6.61 Å². The molecule has 0 aromatic rings. The minimum absolute atomic E-state index is 0.933. The molecule has 0 aliphatic heterocycles. The van der Waals surface area contributed by atoms with E-state index in [1.165, 1.54) is 0 Å². The lowest BCUT2D eigenvalue weighted by Crippen LogP contribution is -2.50. The lowest BCUT2D eigenvalue weighted by molar-refractivity contribution is -0.166. The van der Waals surface area contributed by atoms with Crippen LogP contribution in [0.15, 0.2) is 0 Å². The average molecular weight is 240 g/mol. The smallest absolute Gasteiger partial charge is 0.478 e. The molecule has 0 radical (unpaired) electrons. The summed E-state index contributed by atoms with van der Waals surface area (Å²) in [5.41, 5.74) is 0. The summed E-state index contributed by atoms with van der Waals surface area (Å²) < 4.78 is 3.80. The van der Waals surface area contributed by atoms with E-state index in [1.807, 2.05) is 0 Å². The number of carboxylic acids is 1. The molecule has 0 heterocycles. The number of aliphatic carboxylic acids is 1. The third kappa shape index (κ3) is 3.98. The third-order valence-corrected chi connectivity index (χ3v) is 1.71. The summed E-state index contributed by atoms with van der Waals surface area (Å²) in [5, 5.41) is 52.3. The number of aliphatic hydroxyl groups is 4. The molecule has 0 aliphatic rings. The molecule has 94 valence electrons. The fraction of sp³-hybridized carbons (Fsp3) is 0.714. The van der Waals surface area contributed by atoms with Crippen LogP contribution in [0.25, 0.3) is 0 Å². The van der Waals surface area contributed by atoms with Crippen molar-refractivity contribution in [3.63, 3.8) is 0 Å². The maximum absolute atomic E-state index is 10.5. The molecule has 0 rings (SSSR count). The zero-order valence-electron chi connectivity index (χ0n) is 7.92. The summed E-state index contributed by atoms with van der Waals surface area (Å²) in [7, 11) is 0. The summed E-state index contributed by atoms with van der Waals surface area (Å²) >= 11 is 0. The second-order valence-electron chi connectivity index (χ2n) is 2.87. The van der Waals surface area contributed by atoms with Gasteiger partial charge in [-0.25, -0.2) is 9.59 Å². The van der Waals surface area contributed by atoms with Crippen LogP contribution >= 0.6 is 0 Å².